The average molecular weight is 253 g/mol. The first-order chi connectivity index (χ1) is 8.49. The van der Waals surface area contributed by atoms with E-state index in [9.17, 15) is 9.59 Å². The summed E-state index contributed by atoms with van der Waals surface area (Å²) in [5, 5.41) is 0. The molecule has 2 fully saturated rings. The summed E-state index contributed by atoms with van der Waals surface area (Å²) in [6.45, 7) is 3.65. The lowest BCUT2D eigenvalue weighted by Crippen LogP contribution is -2.55. The van der Waals surface area contributed by atoms with Crippen LogP contribution in [0, 0.1) is 11.8 Å². The van der Waals surface area contributed by atoms with Crippen molar-refractivity contribution in [1.82, 2.24) is 9.80 Å². The van der Waals surface area contributed by atoms with E-state index in [4.69, 9.17) is 5.73 Å². The zero-order valence-electron chi connectivity index (χ0n) is 11.3. The third-order valence-electron chi connectivity index (χ3n) is 4.25. The molecule has 1 saturated carbocycles. The van der Waals surface area contributed by atoms with E-state index in [2.05, 4.69) is 6.92 Å². The van der Waals surface area contributed by atoms with E-state index in [-0.39, 0.29) is 30.3 Å². The van der Waals surface area contributed by atoms with Crippen molar-refractivity contribution in [2.24, 2.45) is 17.6 Å². The van der Waals surface area contributed by atoms with Crippen LogP contribution in [0.1, 0.15) is 26.2 Å². The normalized spacial score (nSPS) is 33.7. The largest absolute Gasteiger partial charge is 0.342 e. The van der Waals surface area contributed by atoms with Gasteiger partial charge in [-0.1, -0.05) is 6.92 Å². The summed E-state index contributed by atoms with van der Waals surface area (Å²) in [6.07, 6.45) is 2.88. The van der Waals surface area contributed by atoms with Crippen LogP contribution in [0.4, 0.5) is 0 Å². The van der Waals surface area contributed by atoms with E-state index >= 15 is 0 Å². The molecule has 3 atom stereocenters. The van der Waals surface area contributed by atoms with Gasteiger partial charge < -0.3 is 15.5 Å². The van der Waals surface area contributed by atoms with Crippen molar-refractivity contribution in [1.29, 1.82) is 0 Å². The van der Waals surface area contributed by atoms with Gasteiger partial charge in [-0.25, -0.2) is 0 Å². The Hall–Kier alpha value is -1.10. The van der Waals surface area contributed by atoms with Gasteiger partial charge in [0.15, 0.2) is 0 Å². The molecule has 0 aromatic rings. The maximum atomic E-state index is 12.4. The predicted molar refractivity (Wildman–Crippen MR) is 68.7 cm³/mol. The number of rotatable bonds is 1. The number of carbonyl (C=O) groups excluding carboxylic acids is 2. The molecule has 1 saturated heterocycles. The Morgan fingerprint density at radius 3 is 2.72 bits per heavy atom. The van der Waals surface area contributed by atoms with Crippen molar-refractivity contribution >= 4 is 11.8 Å². The van der Waals surface area contributed by atoms with E-state index in [1.54, 1.807) is 16.8 Å². The van der Waals surface area contributed by atoms with Crippen molar-refractivity contribution in [2.75, 3.05) is 26.7 Å². The van der Waals surface area contributed by atoms with Crippen molar-refractivity contribution in [2.45, 2.75) is 32.2 Å². The lowest BCUT2D eigenvalue weighted by atomic mass is 9.78. The number of carbonyl (C=O) groups is 2. The Kier molecular flexibility index (Phi) is 3.90. The van der Waals surface area contributed by atoms with Crippen molar-refractivity contribution in [3.63, 3.8) is 0 Å². The van der Waals surface area contributed by atoms with Crippen LogP contribution in [-0.2, 0) is 9.59 Å². The molecule has 1 aliphatic heterocycles. The highest BCUT2D eigenvalue weighted by molar-refractivity contribution is 5.87. The van der Waals surface area contributed by atoms with Gasteiger partial charge in [0.1, 0.15) is 0 Å². The van der Waals surface area contributed by atoms with Gasteiger partial charge in [-0.05, 0) is 25.2 Å². The average Bonchev–Trinajstić information content (AvgIpc) is 2.35. The predicted octanol–water partition coefficient (Wildman–Crippen LogP) is 0.0505. The highest BCUT2D eigenvalue weighted by atomic mass is 16.2. The molecule has 5 heteroatoms. The standard InChI is InChI=1S/C13H23N3O2/c1-9-3-4-11(14)10(7-9)13(18)16-6-5-15(2)12(17)8-16/h9-11H,3-8,14H2,1-2H3. The molecule has 2 aliphatic rings. The van der Waals surface area contributed by atoms with E-state index in [1.165, 1.54) is 0 Å². The molecule has 5 nitrogen and oxygen atoms in total. The first-order valence-corrected chi connectivity index (χ1v) is 6.77. The fraction of sp³-hybridized carbons (Fsp3) is 0.846. The van der Waals surface area contributed by atoms with Gasteiger partial charge in [0.2, 0.25) is 11.8 Å². The Morgan fingerprint density at radius 1 is 1.33 bits per heavy atom. The first-order valence-electron chi connectivity index (χ1n) is 6.77. The van der Waals surface area contributed by atoms with Gasteiger partial charge >= 0.3 is 0 Å². The Morgan fingerprint density at radius 2 is 2.06 bits per heavy atom. The molecular weight excluding hydrogens is 230 g/mol. The molecule has 18 heavy (non-hydrogen) atoms. The minimum Gasteiger partial charge on any atom is -0.342 e. The van der Waals surface area contributed by atoms with Crippen LogP contribution in [0.3, 0.4) is 0 Å². The summed E-state index contributed by atoms with van der Waals surface area (Å²) in [6, 6.07) is -0.0385. The van der Waals surface area contributed by atoms with E-state index in [1.807, 2.05) is 0 Å². The molecule has 1 aliphatic carbocycles. The molecule has 2 rings (SSSR count). The zero-order chi connectivity index (χ0) is 13.3. The number of nitrogens with zero attached hydrogens (tertiary/aromatic N) is 2. The minimum absolute atomic E-state index is 0.0204. The molecule has 0 aromatic carbocycles. The van der Waals surface area contributed by atoms with E-state index in [0.717, 1.165) is 19.3 Å². The summed E-state index contributed by atoms with van der Waals surface area (Å²) in [5.41, 5.74) is 6.07. The zero-order valence-corrected chi connectivity index (χ0v) is 11.3. The van der Waals surface area contributed by atoms with Gasteiger partial charge in [-0.15, -0.1) is 0 Å². The fourth-order valence-corrected chi connectivity index (χ4v) is 2.87. The molecule has 1 heterocycles. The highest BCUT2D eigenvalue weighted by Crippen LogP contribution is 2.29. The Balaban J connectivity index is 2.00. The van der Waals surface area contributed by atoms with Gasteiger partial charge in [0.25, 0.3) is 0 Å². The maximum Gasteiger partial charge on any atom is 0.241 e. The minimum atomic E-state index is -0.0926. The molecule has 0 aromatic heterocycles. The van der Waals surface area contributed by atoms with Gasteiger partial charge in [0.05, 0.1) is 12.5 Å². The SMILES string of the molecule is CC1CCC(N)C(C(=O)N2CCN(C)C(=O)C2)C1. The lowest BCUT2D eigenvalue weighted by Gasteiger charge is -2.38. The number of amides is 2. The lowest BCUT2D eigenvalue weighted by molar-refractivity contribution is -0.147. The number of likely N-dealkylation sites (N-methyl/N-ethyl adjacent to an activating group) is 1. The van der Waals surface area contributed by atoms with Crippen LogP contribution in [0.25, 0.3) is 0 Å². The third-order valence-corrected chi connectivity index (χ3v) is 4.25. The molecule has 2 amide bonds. The smallest absolute Gasteiger partial charge is 0.241 e. The second kappa shape index (κ2) is 5.26. The summed E-state index contributed by atoms with van der Waals surface area (Å²) in [7, 11) is 1.78. The second-order valence-corrected chi connectivity index (χ2v) is 5.76. The summed E-state index contributed by atoms with van der Waals surface area (Å²) < 4.78 is 0. The van der Waals surface area contributed by atoms with Gasteiger partial charge in [-0.3, -0.25) is 9.59 Å². The third kappa shape index (κ3) is 2.66. The number of piperazine rings is 1. The summed E-state index contributed by atoms with van der Waals surface area (Å²) in [4.78, 5) is 27.4. The highest BCUT2D eigenvalue weighted by Gasteiger charge is 2.36. The fourth-order valence-electron chi connectivity index (χ4n) is 2.87. The molecule has 0 radical (unpaired) electrons. The topological polar surface area (TPSA) is 66.6 Å². The van der Waals surface area contributed by atoms with Crippen LogP contribution in [0.2, 0.25) is 0 Å². The van der Waals surface area contributed by atoms with Crippen LogP contribution < -0.4 is 5.73 Å². The van der Waals surface area contributed by atoms with Crippen molar-refractivity contribution in [3.8, 4) is 0 Å². The first kappa shape index (κ1) is 13.3. The number of hydrogen-bond acceptors (Lipinski definition) is 3. The van der Waals surface area contributed by atoms with Crippen LogP contribution in [0.15, 0.2) is 0 Å². The number of hydrogen-bond donors (Lipinski definition) is 1. The molecule has 3 unspecified atom stereocenters. The number of nitrogens with two attached hydrogens (primary N) is 1. The molecule has 0 spiro atoms. The van der Waals surface area contributed by atoms with E-state index in [0.29, 0.717) is 19.0 Å². The van der Waals surface area contributed by atoms with E-state index < -0.39 is 0 Å². The maximum absolute atomic E-state index is 12.4. The van der Waals surface area contributed by atoms with Crippen molar-refractivity contribution in [3.05, 3.63) is 0 Å². The molecule has 2 N–H and O–H groups in total. The van der Waals surface area contributed by atoms with Crippen molar-refractivity contribution < 1.29 is 9.59 Å². The Bertz CT molecular complexity index is 345. The monoisotopic (exact) mass is 253 g/mol. The van der Waals surface area contributed by atoms with Crippen LogP contribution in [0.5, 0.6) is 0 Å². The summed E-state index contributed by atoms with van der Waals surface area (Å²) in [5.74, 6) is 0.564. The van der Waals surface area contributed by atoms with Gasteiger partial charge in [-0.2, -0.15) is 0 Å². The second-order valence-electron chi connectivity index (χ2n) is 5.76. The summed E-state index contributed by atoms with van der Waals surface area (Å²) >= 11 is 0. The van der Waals surface area contributed by atoms with Crippen LogP contribution >= 0.6 is 0 Å². The Labute approximate surface area is 108 Å². The molecular formula is C13H23N3O2. The van der Waals surface area contributed by atoms with Gasteiger partial charge in [0, 0.05) is 26.2 Å². The molecule has 102 valence electrons. The quantitative estimate of drug-likeness (QED) is 0.718. The molecule has 0 bridgehead atoms. The van der Waals surface area contributed by atoms with Crippen LogP contribution in [-0.4, -0.2) is 54.3 Å².